The number of ether oxygens (including phenoxy) is 1. The molecule has 2 atom stereocenters. The number of esters is 1. The van der Waals surface area contributed by atoms with Crippen LogP contribution in [-0.2, 0) is 16.0 Å². The van der Waals surface area contributed by atoms with Crippen molar-refractivity contribution < 1.29 is 9.53 Å². The number of aromatic nitrogens is 1. The molecule has 112 valence electrons. The molecular weight excluding hydrogens is 264 g/mol. The normalized spacial score (nSPS) is 21.2. The minimum Gasteiger partial charge on any atom is -0.465 e. The summed E-state index contributed by atoms with van der Waals surface area (Å²) in [6.45, 7) is 4.69. The van der Waals surface area contributed by atoms with E-state index in [0.717, 1.165) is 18.4 Å². The van der Waals surface area contributed by atoms with Gasteiger partial charge in [-0.1, -0.05) is 31.5 Å². The van der Waals surface area contributed by atoms with Gasteiger partial charge in [0.15, 0.2) is 0 Å². The van der Waals surface area contributed by atoms with Crippen molar-refractivity contribution in [1.29, 1.82) is 0 Å². The third-order valence-electron chi connectivity index (χ3n) is 4.17. The number of carbonyl (C=O) groups excluding carboxylic acids is 1. The maximum absolute atomic E-state index is 12.2. The standard InChI is InChI=1S/C17H22N2O2/c1-3-4-9-21-17(20)15-10-13-12-7-5-6-8-14(12)19-16(13)11(2)18-15/h5-8,11,15,18-19H,3-4,9-10H2,1-2H3/t11-,15-/m0/s1. The number of fused-ring (bicyclic) bond motifs is 3. The van der Waals surface area contributed by atoms with E-state index >= 15 is 0 Å². The van der Waals surface area contributed by atoms with Crippen LogP contribution in [-0.4, -0.2) is 23.6 Å². The van der Waals surface area contributed by atoms with Gasteiger partial charge < -0.3 is 9.72 Å². The monoisotopic (exact) mass is 286 g/mol. The molecule has 2 heterocycles. The predicted molar refractivity (Wildman–Crippen MR) is 83.2 cm³/mol. The van der Waals surface area contributed by atoms with Crippen molar-refractivity contribution in [2.45, 2.75) is 45.2 Å². The molecule has 4 heteroatoms. The summed E-state index contributed by atoms with van der Waals surface area (Å²) in [5.41, 5.74) is 3.57. The first-order valence-corrected chi connectivity index (χ1v) is 7.73. The van der Waals surface area contributed by atoms with Gasteiger partial charge in [0.05, 0.1) is 6.61 Å². The molecule has 1 aliphatic heterocycles. The zero-order valence-electron chi connectivity index (χ0n) is 12.6. The molecule has 0 saturated carbocycles. The van der Waals surface area contributed by atoms with Crippen LogP contribution in [0.15, 0.2) is 24.3 Å². The third kappa shape index (κ3) is 2.68. The Bertz CT molecular complexity index is 647. The zero-order chi connectivity index (χ0) is 14.8. The van der Waals surface area contributed by atoms with Gasteiger partial charge in [-0.15, -0.1) is 0 Å². The summed E-state index contributed by atoms with van der Waals surface area (Å²) in [5.74, 6) is -0.133. The Morgan fingerprint density at radius 3 is 3.00 bits per heavy atom. The highest BCUT2D eigenvalue weighted by Gasteiger charge is 2.31. The van der Waals surface area contributed by atoms with Crippen LogP contribution in [0, 0.1) is 0 Å². The lowest BCUT2D eigenvalue weighted by Crippen LogP contribution is -2.44. The third-order valence-corrected chi connectivity index (χ3v) is 4.17. The molecule has 0 spiro atoms. The van der Waals surface area contributed by atoms with Crippen LogP contribution in [0.2, 0.25) is 0 Å². The Balaban J connectivity index is 1.82. The first-order chi connectivity index (χ1) is 10.2. The molecule has 3 rings (SSSR count). The fourth-order valence-electron chi connectivity index (χ4n) is 3.03. The van der Waals surface area contributed by atoms with Crippen LogP contribution in [0.3, 0.4) is 0 Å². The quantitative estimate of drug-likeness (QED) is 0.671. The highest BCUT2D eigenvalue weighted by molar-refractivity contribution is 5.87. The Hall–Kier alpha value is -1.81. The summed E-state index contributed by atoms with van der Waals surface area (Å²) >= 11 is 0. The second-order valence-electron chi connectivity index (χ2n) is 5.73. The van der Waals surface area contributed by atoms with E-state index < -0.39 is 0 Å². The van der Waals surface area contributed by atoms with Crippen molar-refractivity contribution >= 4 is 16.9 Å². The minimum atomic E-state index is -0.247. The lowest BCUT2D eigenvalue weighted by atomic mass is 9.94. The summed E-state index contributed by atoms with van der Waals surface area (Å²) in [6.07, 6.45) is 2.65. The molecule has 0 amide bonds. The topological polar surface area (TPSA) is 54.1 Å². The SMILES string of the molecule is CCCCOC(=O)[C@@H]1Cc2c([nH]c3ccccc23)[C@H](C)N1. The molecular formula is C17H22N2O2. The lowest BCUT2D eigenvalue weighted by Gasteiger charge is -2.27. The van der Waals surface area contributed by atoms with E-state index in [0.29, 0.717) is 13.0 Å². The van der Waals surface area contributed by atoms with Gasteiger partial charge in [-0.3, -0.25) is 10.1 Å². The summed E-state index contributed by atoms with van der Waals surface area (Å²) in [4.78, 5) is 15.7. The van der Waals surface area contributed by atoms with Gasteiger partial charge in [-0.25, -0.2) is 0 Å². The molecule has 21 heavy (non-hydrogen) atoms. The molecule has 1 aliphatic rings. The van der Waals surface area contributed by atoms with Crippen molar-refractivity contribution in [3.8, 4) is 0 Å². The highest BCUT2D eigenvalue weighted by atomic mass is 16.5. The molecule has 1 aromatic heterocycles. The van der Waals surface area contributed by atoms with Gasteiger partial charge in [-0.05, 0) is 25.0 Å². The summed E-state index contributed by atoms with van der Waals surface area (Å²) in [6, 6.07) is 8.14. The number of para-hydroxylation sites is 1. The Morgan fingerprint density at radius 2 is 2.19 bits per heavy atom. The first kappa shape index (κ1) is 14.1. The summed E-state index contributed by atoms with van der Waals surface area (Å²) in [7, 11) is 0. The Labute approximate surface area is 124 Å². The van der Waals surface area contributed by atoms with Crippen molar-refractivity contribution in [2.24, 2.45) is 0 Å². The highest BCUT2D eigenvalue weighted by Crippen LogP contribution is 2.31. The largest absolute Gasteiger partial charge is 0.465 e. The molecule has 1 aromatic carbocycles. The number of benzene rings is 1. The van der Waals surface area contributed by atoms with E-state index in [1.807, 2.05) is 12.1 Å². The van der Waals surface area contributed by atoms with Gasteiger partial charge in [0.2, 0.25) is 0 Å². The van der Waals surface area contributed by atoms with E-state index in [4.69, 9.17) is 4.74 Å². The number of hydrogen-bond acceptors (Lipinski definition) is 3. The maximum atomic E-state index is 12.2. The van der Waals surface area contributed by atoms with Crippen molar-refractivity contribution in [1.82, 2.24) is 10.3 Å². The van der Waals surface area contributed by atoms with Crippen molar-refractivity contribution in [2.75, 3.05) is 6.61 Å². The van der Waals surface area contributed by atoms with E-state index in [9.17, 15) is 4.79 Å². The van der Waals surface area contributed by atoms with Crippen LogP contribution in [0.5, 0.6) is 0 Å². The number of rotatable bonds is 4. The van der Waals surface area contributed by atoms with Gasteiger partial charge in [0.25, 0.3) is 0 Å². The summed E-state index contributed by atoms with van der Waals surface area (Å²) < 4.78 is 5.36. The van der Waals surface area contributed by atoms with Gasteiger partial charge >= 0.3 is 5.97 Å². The minimum absolute atomic E-state index is 0.130. The predicted octanol–water partition coefficient (Wildman–Crippen LogP) is 3.09. The average Bonchev–Trinajstić information content (AvgIpc) is 2.87. The molecule has 0 aliphatic carbocycles. The van der Waals surface area contributed by atoms with Crippen LogP contribution in [0.1, 0.15) is 44.0 Å². The van der Waals surface area contributed by atoms with Gasteiger partial charge in [0.1, 0.15) is 6.04 Å². The molecule has 0 bridgehead atoms. The van der Waals surface area contributed by atoms with E-state index in [1.54, 1.807) is 0 Å². The van der Waals surface area contributed by atoms with Gasteiger partial charge in [-0.2, -0.15) is 0 Å². The molecule has 0 radical (unpaired) electrons. The molecule has 0 unspecified atom stereocenters. The fraction of sp³-hybridized carbons (Fsp3) is 0.471. The number of unbranched alkanes of at least 4 members (excludes halogenated alkanes) is 1. The number of H-pyrrole nitrogens is 1. The maximum Gasteiger partial charge on any atom is 0.323 e. The average molecular weight is 286 g/mol. The first-order valence-electron chi connectivity index (χ1n) is 7.73. The summed E-state index contributed by atoms with van der Waals surface area (Å²) in [5, 5.41) is 4.57. The van der Waals surface area contributed by atoms with Crippen LogP contribution in [0.4, 0.5) is 0 Å². The second kappa shape index (κ2) is 5.90. The molecule has 2 N–H and O–H groups in total. The molecule has 0 saturated heterocycles. The Kier molecular flexibility index (Phi) is 3.97. The van der Waals surface area contributed by atoms with Crippen LogP contribution in [0.25, 0.3) is 10.9 Å². The van der Waals surface area contributed by atoms with Crippen molar-refractivity contribution in [3.63, 3.8) is 0 Å². The second-order valence-corrected chi connectivity index (χ2v) is 5.73. The number of nitrogens with one attached hydrogen (secondary N) is 2. The number of aromatic amines is 1. The van der Waals surface area contributed by atoms with Crippen molar-refractivity contribution in [3.05, 3.63) is 35.5 Å². The molecule has 2 aromatic rings. The van der Waals surface area contributed by atoms with E-state index in [1.165, 1.54) is 16.6 Å². The van der Waals surface area contributed by atoms with Crippen LogP contribution < -0.4 is 5.32 Å². The van der Waals surface area contributed by atoms with Crippen LogP contribution >= 0.6 is 0 Å². The fourth-order valence-corrected chi connectivity index (χ4v) is 3.03. The van der Waals surface area contributed by atoms with E-state index in [2.05, 4.69) is 36.3 Å². The van der Waals surface area contributed by atoms with E-state index in [-0.39, 0.29) is 18.1 Å². The lowest BCUT2D eigenvalue weighted by molar-refractivity contribution is -0.146. The Morgan fingerprint density at radius 1 is 1.38 bits per heavy atom. The molecule has 4 nitrogen and oxygen atoms in total. The zero-order valence-corrected chi connectivity index (χ0v) is 12.6. The molecule has 0 fully saturated rings. The number of hydrogen-bond donors (Lipinski definition) is 2. The number of carbonyl (C=O) groups is 1. The smallest absolute Gasteiger partial charge is 0.323 e. The van der Waals surface area contributed by atoms with Gasteiger partial charge in [0, 0.05) is 29.1 Å².